The van der Waals surface area contributed by atoms with Gasteiger partial charge < -0.3 is 19.7 Å². The van der Waals surface area contributed by atoms with E-state index >= 15 is 0 Å². The Hall–Kier alpha value is -1.42. The van der Waals surface area contributed by atoms with Crippen molar-refractivity contribution in [3.05, 3.63) is 17.7 Å². The van der Waals surface area contributed by atoms with Crippen molar-refractivity contribution in [2.45, 2.75) is 26.3 Å². The number of nitrogens with zero attached hydrogens (tertiary/aromatic N) is 1. The quantitative estimate of drug-likeness (QED) is 0.857. The smallest absolute Gasteiger partial charge is 0.148 e. The van der Waals surface area contributed by atoms with Crippen LogP contribution in [-0.4, -0.2) is 40.4 Å². The van der Waals surface area contributed by atoms with Gasteiger partial charge in [-0.05, 0) is 40.0 Å². The first-order valence-electron chi connectivity index (χ1n) is 6.48. The van der Waals surface area contributed by atoms with E-state index in [0.29, 0.717) is 0 Å². The Morgan fingerprint density at radius 1 is 1.21 bits per heavy atom. The van der Waals surface area contributed by atoms with Crippen LogP contribution in [0.2, 0.25) is 0 Å². The Kier molecular flexibility index (Phi) is 5.06. The number of methoxy groups -OCH3 is 2. The minimum absolute atomic E-state index is 0.0353. The summed E-state index contributed by atoms with van der Waals surface area (Å²) in [5.74, 6) is 1.72. The maximum Gasteiger partial charge on any atom is 0.148 e. The molecule has 0 bridgehead atoms. The first-order chi connectivity index (χ1) is 8.86. The average molecular weight is 266 g/mol. The zero-order valence-electron chi connectivity index (χ0n) is 13.1. The summed E-state index contributed by atoms with van der Waals surface area (Å²) in [4.78, 5) is 2.20. The average Bonchev–Trinajstić information content (AvgIpc) is 2.37. The normalized spacial score (nSPS) is 11.3. The molecule has 0 radical (unpaired) electrons. The number of rotatable bonds is 6. The molecule has 19 heavy (non-hydrogen) atoms. The lowest BCUT2D eigenvalue weighted by Gasteiger charge is -2.32. The molecule has 1 rings (SSSR count). The zero-order valence-corrected chi connectivity index (χ0v) is 13.1. The molecule has 1 aromatic carbocycles. The molecule has 0 aromatic heterocycles. The molecule has 0 heterocycles. The summed E-state index contributed by atoms with van der Waals surface area (Å²) in [5, 5.41) is 3.31. The van der Waals surface area contributed by atoms with Crippen LogP contribution in [0.5, 0.6) is 11.5 Å². The van der Waals surface area contributed by atoms with E-state index in [1.54, 1.807) is 14.2 Å². The van der Waals surface area contributed by atoms with Gasteiger partial charge in [0.2, 0.25) is 0 Å². The van der Waals surface area contributed by atoms with Crippen molar-refractivity contribution in [1.82, 2.24) is 5.32 Å². The van der Waals surface area contributed by atoms with Crippen molar-refractivity contribution >= 4 is 5.69 Å². The van der Waals surface area contributed by atoms with Gasteiger partial charge in [0.1, 0.15) is 11.5 Å². The van der Waals surface area contributed by atoms with Gasteiger partial charge in [0.05, 0.1) is 19.9 Å². The second-order valence-electron chi connectivity index (χ2n) is 5.44. The minimum Gasteiger partial charge on any atom is -0.496 e. The van der Waals surface area contributed by atoms with Gasteiger partial charge in [-0.15, -0.1) is 0 Å². The van der Waals surface area contributed by atoms with Crippen LogP contribution in [0.15, 0.2) is 12.1 Å². The molecule has 0 fully saturated rings. The molecule has 0 spiro atoms. The molecule has 4 nitrogen and oxygen atoms in total. The van der Waals surface area contributed by atoms with Crippen LogP contribution in [-0.2, 0) is 0 Å². The van der Waals surface area contributed by atoms with E-state index < -0.39 is 0 Å². The number of nitrogens with one attached hydrogen (secondary N) is 1. The highest BCUT2D eigenvalue weighted by Gasteiger charge is 2.21. The number of hydrogen-bond donors (Lipinski definition) is 1. The molecule has 0 atom stereocenters. The van der Waals surface area contributed by atoms with Gasteiger partial charge >= 0.3 is 0 Å². The van der Waals surface area contributed by atoms with Gasteiger partial charge in [-0.1, -0.05) is 0 Å². The Labute approximate surface area is 116 Å². The van der Waals surface area contributed by atoms with Gasteiger partial charge in [0.25, 0.3) is 0 Å². The standard InChI is InChI=1S/C15H26N2O2/c1-11-13(18-6)9-8-12(14(11)19-7)17(5)10-15(2,3)16-4/h8-9,16H,10H2,1-7H3. The second kappa shape index (κ2) is 6.15. The fraction of sp³-hybridized carbons (Fsp3) is 0.600. The van der Waals surface area contributed by atoms with Crippen LogP contribution >= 0.6 is 0 Å². The van der Waals surface area contributed by atoms with Crippen molar-refractivity contribution in [2.24, 2.45) is 0 Å². The van der Waals surface area contributed by atoms with Crippen LogP contribution in [0.3, 0.4) is 0 Å². The monoisotopic (exact) mass is 266 g/mol. The van der Waals surface area contributed by atoms with Gasteiger partial charge in [-0.25, -0.2) is 0 Å². The van der Waals surface area contributed by atoms with E-state index in [-0.39, 0.29) is 5.54 Å². The van der Waals surface area contributed by atoms with Crippen LogP contribution in [0.4, 0.5) is 5.69 Å². The molecule has 0 unspecified atom stereocenters. The molecular weight excluding hydrogens is 240 g/mol. The van der Waals surface area contributed by atoms with Crippen molar-refractivity contribution < 1.29 is 9.47 Å². The zero-order chi connectivity index (χ0) is 14.6. The van der Waals surface area contributed by atoms with E-state index in [9.17, 15) is 0 Å². The van der Waals surface area contributed by atoms with Crippen LogP contribution in [0.25, 0.3) is 0 Å². The fourth-order valence-corrected chi connectivity index (χ4v) is 2.20. The highest BCUT2D eigenvalue weighted by molar-refractivity contribution is 5.65. The maximum absolute atomic E-state index is 5.55. The lowest BCUT2D eigenvalue weighted by atomic mass is 10.0. The SMILES string of the molecule is CNC(C)(C)CN(C)c1ccc(OC)c(C)c1OC. The molecule has 0 aliphatic heterocycles. The number of hydrogen-bond acceptors (Lipinski definition) is 4. The van der Waals surface area contributed by atoms with Gasteiger partial charge in [-0.2, -0.15) is 0 Å². The largest absolute Gasteiger partial charge is 0.496 e. The number of likely N-dealkylation sites (N-methyl/N-ethyl adjacent to an activating group) is 2. The third-order valence-electron chi connectivity index (χ3n) is 3.48. The van der Waals surface area contributed by atoms with Crippen molar-refractivity contribution in [2.75, 3.05) is 39.8 Å². The number of benzene rings is 1. The first-order valence-corrected chi connectivity index (χ1v) is 6.48. The summed E-state index contributed by atoms with van der Waals surface area (Å²) in [7, 11) is 7.42. The Bertz CT molecular complexity index is 430. The molecule has 0 saturated carbocycles. The van der Waals surface area contributed by atoms with E-state index in [0.717, 1.165) is 29.3 Å². The molecule has 4 heteroatoms. The first kappa shape index (κ1) is 15.6. The Balaban J connectivity index is 3.10. The molecule has 1 N–H and O–H groups in total. The van der Waals surface area contributed by atoms with Crippen molar-refractivity contribution in [3.63, 3.8) is 0 Å². The third-order valence-corrected chi connectivity index (χ3v) is 3.48. The Morgan fingerprint density at radius 2 is 1.84 bits per heavy atom. The van der Waals surface area contributed by atoms with E-state index in [1.165, 1.54) is 0 Å². The summed E-state index contributed by atoms with van der Waals surface area (Å²) in [6.07, 6.45) is 0. The number of ether oxygens (including phenoxy) is 2. The van der Waals surface area contributed by atoms with E-state index in [2.05, 4.69) is 31.1 Å². The molecule has 0 aliphatic carbocycles. The van der Waals surface area contributed by atoms with Gasteiger partial charge in [-0.3, -0.25) is 0 Å². The molecule has 0 saturated heterocycles. The highest BCUT2D eigenvalue weighted by Crippen LogP contribution is 2.37. The summed E-state index contributed by atoms with van der Waals surface area (Å²) in [5.41, 5.74) is 2.13. The minimum atomic E-state index is 0.0353. The fourth-order valence-electron chi connectivity index (χ4n) is 2.20. The summed E-state index contributed by atoms with van der Waals surface area (Å²) >= 11 is 0. The molecule has 108 valence electrons. The van der Waals surface area contributed by atoms with Crippen molar-refractivity contribution in [3.8, 4) is 11.5 Å². The summed E-state index contributed by atoms with van der Waals surface area (Å²) in [6.45, 7) is 7.24. The second-order valence-corrected chi connectivity index (χ2v) is 5.44. The number of anilines is 1. The van der Waals surface area contributed by atoms with Gasteiger partial charge in [0.15, 0.2) is 0 Å². The highest BCUT2D eigenvalue weighted by atomic mass is 16.5. The van der Waals surface area contributed by atoms with Crippen LogP contribution in [0, 0.1) is 6.92 Å². The van der Waals surface area contributed by atoms with Crippen LogP contribution in [0.1, 0.15) is 19.4 Å². The predicted molar refractivity (Wildman–Crippen MR) is 80.7 cm³/mol. The molecular formula is C15H26N2O2. The van der Waals surface area contributed by atoms with Crippen molar-refractivity contribution in [1.29, 1.82) is 0 Å². The lowest BCUT2D eigenvalue weighted by molar-refractivity contribution is 0.386. The predicted octanol–water partition coefficient (Wildman–Crippen LogP) is 2.45. The molecule has 1 aromatic rings. The summed E-state index contributed by atoms with van der Waals surface area (Å²) in [6, 6.07) is 4.02. The third kappa shape index (κ3) is 3.53. The molecule has 0 amide bonds. The Morgan fingerprint density at radius 3 is 2.32 bits per heavy atom. The molecule has 0 aliphatic rings. The van der Waals surface area contributed by atoms with E-state index in [4.69, 9.17) is 9.47 Å². The van der Waals surface area contributed by atoms with E-state index in [1.807, 2.05) is 26.1 Å². The topological polar surface area (TPSA) is 33.7 Å². The van der Waals surface area contributed by atoms with Crippen LogP contribution < -0.4 is 19.7 Å². The maximum atomic E-state index is 5.55. The lowest BCUT2D eigenvalue weighted by Crippen LogP contribution is -2.46. The summed E-state index contributed by atoms with van der Waals surface area (Å²) < 4.78 is 10.9. The van der Waals surface area contributed by atoms with Gasteiger partial charge in [0, 0.05) is 24.7 Å².